The quantitative estimate of drug-likeness (QED) is 0.288. The Bertz CT molecular complexity index is 1770. The number of fused-ring (bicyclic) bond motifs is 1. The summed E-state index contributed by atoms with van der Waals surface area (Å²) >= 11 is 0. The van der Waals surface area contributed by atoms with Gasteiger partial charge in [-0.3, -0.25) is 4.79 Å². The molecule has 0 saturated heterocycles. The number of nitrogens with zero attached hydrogens (tertiary/aromatic N) is 6. The maximum absolute atomic E-state index is 14.1. The summed E-state index contributed by atoms with van der Waals surface area (Å²) in [5.74, 6) is -0.487. The van der Waals surface area contributed by atoms with Gasteiger partial charge in [0.2, 0.25) is 5.89 Å². The van der Waals surface area contributed by atoms with Crippen LogP contribution in [0.15, 0.2) is 77.2 Å². The lowest BCUT2D eigenvalue weighted by Crippen LogP contribution is -2.39. The first-order chi connectivity index (χ1) is 20.1. The first-order valence-electron chi connectivity index (χ1n) is 13.1. The van der Waals surface area contributed by atoms with Gasteiger partial charge in [0.1, 0.15) is 5.69 Å². The second-order valence-electron chi connectivity index (χ2n) is 10.2. The van der Waals surface area contributed by atoms with Crippen LogP contribution in [0, 0.1) is 0 Å². The number of rotatable bonds is 6. The van der Waals surface area contributed by atoms with Gasteiger partial charge in [0.15, 0.2) is 5.69 Å². The first kappa shape index (κ1) is 27.2. The van der Waals surface area contributed by atoms with Crippen molar-refractivity contribution in [3.8, 4) is 28.3 Å². The number of anilines is 2. The Morgan fingerprint density at radius 1 is 0.952 bits per heavy atom. The number of amides is 1. The average molecular weight is 574 g/mol. The van der Waals surface area contributed by atoms with Crippen molar-refractivity contribution in [1.82, 2.24) is 24.9 Å². The predicted molar refractivity (Wildman–Crippen MR) is 151 cm³/mol. The number of halogens is 3. The average Bonchev–Trinajstić information content (AvgIpc) is 3.58. The summed E-state index contributed by atoms with van der Waals surface area (Å²) in [4.78, 5) is 17.4. The molecule has 1 aliphatic heterocycles. The molecule has 0 radical (unpaired) electrons. The molecule has 0 bridgehead atoms. The van der Waals surface area contributed by atoms with Crippen LogP contribution in [0.4, 0.5) is 24.9 Å². The number of nitrogens with two attached hydrogens (primary N) is 1. The molecule has 3 aromatic carbocycles. The van der Waals surface area contributed by atoms with E-state index in [2.05, 4.69) is 26.3 Å². The van der Waals surface area contributed by atoms with Crippen molar-refractivity contribution < 1.29 is 22.4 Å². The van der Waals surface area contributed by atoms with Crippen molar-refractivity contribution in [3.05, 3.63) is 95.3 Å². The Morgan fingerprint density at radius 3 is 2.40 bits per heavy atom. The van der Waals surface area contributed by atoms with Crippen molar-refractivity contribution in [3.63, 3.8) is 0 Å². The Balaban J connectivity index is 1.38. The van der Waals surface area contributed by atoms with Crippen LogP contribution >= 0.6 is 0 Å². The molecule has 0 unspecified atom stereocenters. The molecule has 1 aliphatic rings. The van der Waals surface area contributed by atoms with E-state index in [0.29, 0.717) is 11.3 Å². The van der Waals surface area contributed by atoms with E-state index in [1.54, 1.807) is 18.2 Å². The van der Waals surface area contributed by atoms with Crippen molar-refractivity contribution in [1.29, 1.82) is 0 Å². The highest BCUT2D eigenvalue weighted by molar-refractivity contribution is 6.07. The summed E-state index contributed by atoms with van der Waals surface area (Å²) in [5.41, 5.74) is 8.61. The fraction of sp³-hybridized carbons (Fsp3) is 0.200. The van der Waals surface area contributed by atoms with Gasteiger partial charge in [0, 0.05) is 29.9 Å². The molecule has 0 fully saturated rings. The number of hydrogen-bond acceptors (Lipinski definition) is 7. The standard InChI is InChI=1S/C30H26F3N7O2/c1-38(2)17-20-6-3-4-9-23(20)18-10-12-21(13-11-18)39-15-14-24-25(28(39)41)40(37-26(24)30(31,32)33)22-8-5-7-19(16-22)27-35-36-29(34)42-27/h3-13,16H,14-15,17H2,1-2H3,(H2,34,36). The largest absolute Gasteiger partial charge is 0.435 e. The second-order valence-corrected chi connectivity index (χ2v) is 10.2. The van der Waals surface area contributed by atoms with Crippen LogP contribution < -0.4 is 10.6 Å². The molecule has 9 nitrogen and oxygen atoms in total. The van der Waals surface area contributed by atoms with E-state index in [1.807, 2.05) is 56.6 Å². The molecule has 12 heteroatoms. The van der Waals surface area contributed by atoms with E-state index < -0.39 is 17.8 Å². The highest BCUT2D eigenvalue weighted by atomic mass is 19.4. The molecule has 2 N–H and O–H groups in total. The normalized spacial score (nSPS) is 13.6. The Hall–Kier alpha value is -4.97. The van der Waals surface area contributed by atoms with E-state index in [1.165, 1.54) is 11.0 Å². The minimum absolute atomic E-state index is 0.0107. The lowest BCUT2D eigenvalue weighted by Gasteiger charge is -2.28. The minimum Gasteiger partial charge on any atom is -0.404 e. The molecule has 0 spiro atoms. The van der Waals surface area contributed by atoms with E-state index in [0.717, 1.165) is 27.9 Å². The molecular formula is C30H26F3N7O2. The third-order valence-electron chi connectivity index (χ3n) is 7.06. The van der Waals surface area contributed by atoms with Gasteiger partial charge in [-0.2, -0.15) is 18.3 Å². The monoisotopic (exact) mass is 573 g/mol. The third kappa shape index (κ3) is 5.00. The Kier molecular flexibility index (Phi) is 6.77. The maximum Gasteiger partial charge on any atom is 0.435 e. The summed E-state index contributed by atoms with van der Waals surface area (Å²) in [7, 11) is 4.00. The van der Waals surface area contributed by atoms with Gasteiger partial charge in [-0.25, -0.2) is 4.68 Å². The predicted octanol–water partition coefficient (Wildman–Crippen LogP) is 5.45. The van der Waals surface area contributed by atoms with Crippen LogP contribution in [0.25, 0.3) is 28.3 Å². The fourth-order valence-electron chi connectivity index (χ4n) is 5.24. The third-order valence-corrected chi connectivity index (χ3v) is 7.06. The summed E-state index contributed by atoms with van der Waals surface area (Å²) in [6.45, 7) is 0.844. The lowest BCUT2D eigenvalue weighted by atomic mass is 9.98. The first-order valence-corrected chi connectivity index (χ1v) is 13.1. The van der Waals surface area contributed by atoms with Crippen LogP contribution in [-0.2, 0) is 19.1 Å². The molecule has 42 heavy (non-hydrogen) atoms. The molecule has 2 aromatic heterocycles. The van der Waals surface area contributed by atoms with Crippen LogP contribution in [-0.4, -0.2) is 51.4 Å². The van der Waals surface area contributed by atoms with Crippen molar-refractivity contribution in [2.75, 3.05) is 31.3 Å². The molecule has 214 valence electrons. The summed E-state index contributed by atoms with van der Waals surface area (Å²) in [5, 5.41) is 11.4. The highest BCUT2D eigenvalue weighted by Crippen LogP contribution is 2.38. The van der Waals surface area contributed by atoms with Gasteiger partial charge in [0.25, 0.3) is 5.91 Å². The summed E-state index contributed by atoms with van der Waals surface area (Å²) < 4.78 is 48.5. The van der Waals surface area contributed by atoms with E-state index in [9.17, 15) is 18.0 Å². The number of nitrogen functional groups attached to an aromatic ring is 1. The number of alkyl halides is 3. The van der Waals surface area contributed by atoms with Gasteiger partial charge in [0.05, 0.1) is 5.69 Å². The fourth-order valence-corrected chi connectivity index (χ4v) is 5.24. The highest BCUT2D eigenvalue weighted by Gasteiger charge is 2.43. The number of carbonyl (C=O) groups excluding carboxylic acids is 1. The van der Waals surface area contributed by atoms with Gasteiger partial charge in [-0.15, -0.1) is 5.10 Å². The second kappa shape index (κ2) is 10.5. The van der Waals surface area contributed by atoms with Crippen LogP contribution in [0.5, 0.6) is 0 Å². The van der Waals surface area contributed by atoms with Crippen LogP contribution in [0.1, 0.15) is 27.3 Å². The molecule has 1 amide bonds. The molecule has 5 aromatic rings. The van der Waals surface area contributed by atoms with Crippen molar-refractivity contribution in [2.45, 2.75) is 19.1 Å². The topological polar surface area (TPSA) is 106 Å². The van der Waals surface area contributed by atoms with E-state index in [-0.39, 0.29) is 41.8 Å². The van der Waals surface area contributed by atoms with Crippen LogP contribution in [0.3, 0.4) is 0 Å². The zero-order chi connectivity index (χ0) is 29.6. The molecule has 0 atom stereocenters. The lowest BCUT2D eigenvalue weighted by molar-refractivity contribution is -0.141. The van der Waals surface area contributed by atoms with Crippen molar-refractivity contribution >= 4 is 17.6 Å². The summed E-state index contributed by atoms with van der Waals surface area (Å²) in [6.07, 6.45) is -4.75. The molecule has 6 rings (SSSR count). The zero-order valence-corrected chi connectivity index (χ0v) is 22.8. The van der Waals surface area contributed by atoms with Crippen molar-refractivity contribution in [2.24, 2.45) is 0 Å². The maximum atomic E-state index is 14.1. The molecule has 0 aliphatic carbocycles. The minimum atomic E-state index is -4.74. The number of carbonyl (C=O) groups is 1. The zero-order valence-electron chi connectivity index (χ0n) is 22.8. The Labute approximate surface area is 239 Å². The number of aromatic nitrogens is 4. The number of benzene rings is 3. The van der Waals surface area contributed by atoms with Gasteiger partial charge in [-0.1, -0.05) is 47.6 Å². The van der Waals surface area contributed by atoms with E-state index >= 15 is 0 Å². The molecular weight excluding hydrogens is 547 g/mol. The van der Waals surface area contributed by atoms with Crippen LogP contribution in [0.2, 0.25) is 0 Å². The number of hydrogen-bond donors (Lipinski definition) is 1. The smallest absolute Gasteiger partial charge is 0.404 e. The van der Waals surface area contributed by atoms with Gasteiger partial charge < -0.3 is 20.0 Å². The van der Waals surface area contributed by atoms with Gasteiger partial charge in [-0.05, 0) is 67.5 Å². The van der Waals surface area contributed by atoms with E-state index in [4.69, 9.17) is 10.2 Å². The summed E-state index contributed by atoms with van der Waals surface area (Å²) in [6, 6.07) is 21.7. The van der Waals surface area contributed by atoms with Gasteiger partial charge >= 0.3 is 12.2 Å². The molecule has 3 heterocycles. The SMILES string of the molecule is CN(C)Cc1ccccc1-c1ccc(N2CCc3c(C(F)(F)F)nn(-c4cccc(-c5nnc(N)o5)c4)c3C2=O)cc1. The Morgan fingerprint density at radius 2 is 1.71 bits per heavy atom. The molecule has 0 saturated carbocycles.